The fraction of sp³-hybridized carbons (Fsp3) is 0.319. The van der Waals surface area contributed by atoms with Gasteiger partial charge in [0.1, 0.15) is 0 Å². The van der Waals surface area contributed by atoms with Crippen LogP contribution >= 0.6 is 0 Å². The van der Waals surface area contributed by atoms with E-state index in [4.69, 9.17) is 0 Å². The van der Waals surface area contributed by atoms with Crippen molar-refractivity contribution in [3.63, 3.8) is 0 Å². The number of aryl methyl sites for hydroxylation is 3. The Balaban J connectivity index is 0.000000387. The van der Waals surface area contributed by atoms with E-state index < -0.39 is 0 Å². The standard InChI is InChI=1S/C18H12.C14H22.3C12H10.C11H16.C10H8.C10H14.2C7H8.5C5H12/c1-2-8-14-13(7-1)15-9-3-4-11-17(15)18-12-6-5-10-16(14)18;1-13(2,3)11-7-9-12(10-8-11)14(4,5)6;3*1-3-7-11(8-4-1)12-9-5-2-6-10-12;1-9-5-7-10(8-6-9)11(2,3)4;1-2-6-10-8-4-3-7-9(10)5-1;1-10(2,3)9-7-5-4-6-8-9;2*1-7-5-3-2-4-6-7;5*1-5(2,3)4/h1-12H;7-10H,1-6H3;3*1-10H;5-8H,1-4H3;1-8H;4-8H,1-3H3;2*2-6H,1H3;5*1-4H3. The van der Waals surface area contributed by atoms with E-state index >= 15 is 0 Å². The highest BCUT2D eigenvalue weighted by molar-refractivity contribution is 6.25. The molecule has 0 bridgehead atoms. The SMILES string of the molecule is CC(C)(C)C.CC(C)(C)C.CC(C)(C)C.CC(C)(C)C.CC(C)(C)C.CC(C)(C)c1ccc(C(C)(C)C)cc1.CC(C)(C)c1ccccc1.Cc1ccc(C(C)(C)C)cc1.Cc1ccccc1.Cc1ccccc1.c1ccc(-c2ccccc2)cc1.c1ccc(-c2ccccc2)cc1.c1ccc(-c2ccccc2)cc1.c1ccc2c(c1)c1ccccc1c1ccccc21.c1ccc2ccccc2c1. The molecule has 0 aliphatic rings. The average Bonchev–Trinajstić information content (AvgIpc) is 0.748. The summed E-state index contributed by atoms with van der Waals surface area (Å²) in [5.41, 5.74) is 20.8. The van der Waals surface area contributed by atoms with E-state index in [2.05, 4.69) is 612 Å². The molecule has 0 saturated heterocycles. The monoisotopic (exact) mass is 1840 g/mol. The summed E-state index contributed by atoms with van der Waals surface area (Å²) in [6, 6.07) is 154. The zero-order valence-corrected chi connectivity index (χ0v) is 92.1. The Morgan fingerprint density at radius 3 is 0.348 bits per heavy atom. The van der Waals surface area contributed by atoms with Gasteiger partial charge in [-0.15, -0.1) is 0 Å². The molecular formula is C138H178. The second-order valence-electron chi connectivity index (χ2n) is 47.3. The number of fused-ring (bicyclic) bond motifs is 7. The molecule has 17 aromatic rings. The molecule has 0 radical (unpaired) electrons. The first-order valence-corrected chi connectivity index (χ1v) is 49.7. The van der Waals surface area contributed by atoms with Gasteiger partial charge in [-0.2, -0.15) is 0 Å². The van der Waals surface area contributed by atoms with E-state index in [1.165, 1.54) is 115 Å². The van der Waals surface area contributed by atoms with Crippen molar-refractivity contribution in [2.24, 2.45) is 27.1 Å². The number of benzene rings is 17. The maximum atomic E-state index is 2.25. The van der Waals surface area contributed by atoms with E-state index in [0.717, 1.165) is 0 Å². The third-order valence-electron chi connectivity index (χ3n) is 19.0. The van der Waals surface area contributed by atoms with Gasteiger partial charge in [0.2, 0.25) is 0 Å². The lowest BCUT2D eigenvalue weighted by Crippen LogP contribution is -2.14. The Bertz CT molecular complexity index is 5200. The number of hydrogen-bond donors (Lipinski definition) is 0. The minimum atomic E-state index is 0.260. The summed E-state index contributed by atoms with van der Waals surface area (Å²) < 4.78 is 0. The van der Waals surface area contributed by atoms with Gasteiger partial charge < -0.3 is 0 Å². The number of hydrogen-bond acceptors (Lipinski definition) is 0. The summed E-state index contributed by atoms with van der Waals surface area (Å²) in [5.74, 6) is 0. The highest BCUT2D eigenvalue weighted by atomic mass is 14.2. The van der Waals surface area contributed by atoms with E-state index in [0.29, 0.717) is 32.5 Å². The van der Waals surface area contributed by atoms with Crippen molar-refractivity contribution >= 4 is 43.1 Å². The van der Waals surface area contributed by atoms with Gasteiger partial charge in [-0.05, 0) is 168 Å². The molecule has 0 N–H and O–H groups in total. The van der Waals surface area contributed by atoms with Crippen molar-refractivity contribution in [1.29, 1.82) is 0 Å². The van der Waals surface area contributed by atoms with Crippen LogP contribution in [0.25, 0.3) is 76.5 Å². The molecular weight excluding hydrogens is 1660 g/mol. The van der Waals surface area contributed by atoms with Crippen molar-refractivity contribution in [2.45, 2.75) is 264 Å². The first-order chi connectivity index (χ1) is 64.4. The summed E-state index contributed by atoms with van der Waals surface area (Å²) >= 11 is 0. The lowest BCUT2D eigenvalue weighted by molar-refractivity contribution is 0.469. The van der Waals surface area contributed by atoms with Crippen molar-refractivity contribution < 1.29 is 0 Å². The van der Waals surface area contributed by atoms with E-state index in [1.807, 2.05) is 72.8 Å². The van der Waals surface area contributed by atoms with Crippen LogP contribution in [0.3, 0.4) is 0 Å². The second kappa shape index (κ2) is 60.5. The van der Waals surface area contributed by atoms with Crippen molar-refractivity contribution in [3.05, 3.63) is 482 Å². The van der Waals surface area contributed by atoms with Gasteiger partial charge in [-0.1, -0.05) is 681 Å². The van der Waals surface area contributed by atoms with Gasteiger partial charge in [0.15, 0.2) is 0 Å². The zero-order valence-electron chi connectivity index (χ0n) is 92.1. The maximum Gasteiger partial charge on any atom is -0.00990 e. The van der Waals surface area contributed by atoms with Gasteiger partial charge in [0.25, 0.3) is 0 Å². The van der Waals surface area contributed by atoms with Crippen LogP contribution in [0.2, 0.25) is 0 Å². The normalized spacial score (nSPS) is 10.9. The smallest absolute Gasteiger partial charge is 0.00990 e. The Morgan fingerprint density at radius 1 is 0.109 bits per heavy atom. The third-order valence-corrected chi connectivity index (χ3v) is 19.0. The largest absolute Gasteiger partial charge is 0.0622 e. The van der Waals surface area contributed by atoms with Crippen LogP contribution in [0.5, 0.6) is 0 Å². The Labute approximate surface area is 843 Å². The van der Waals surface area contributed by atoms with Gasteiger partial charge in [-0.25, -0.2) is 0 Å². The Morgan fingerprint density at radius 2 is 0.217 bits per heavy atom. The second-order valence-corrected chi connectivity index (χ2v) is 47.3. The fourth-order valence-corrected chi connectivity index (χ4v) is 12.3. The van der Waals surface area contributed by atoms with Crippen LogP contribution < -0.4 is 0 Å². The molecule has 0 saturated carbocycles. The minimum absolute atomic E-state index is 0.260. The average molecular weight is 1840 g/mol. The molecule has 0 amide bonds. The molecule has 730 valence electrons. The summed E-state index contributed by atoms with van der Waals surface area (Å²) in [6.07, 6.45) is 0. The molecule has 0 fully saturated rings. The van der Waals surface area contributed by atoms with E-state index in [1.54, 1.807) is 0 Å². The molecule has 0 nitrogen and oxygen atoms in total. The summed E-state index contributed by atoms with van der Waals surface area (Å²) in [5, 5.41) is 10.7. The van der Waals surface area contributed by atoms with Crippen LogP contribution in [0.4, 0.5) is 0 Å². The topological polar surface area (TPSA) is 0 Å². The summed E-state index contributed by atoms with van der Waals surface area (Å²) in [4.78, 5) is 0. The quantitative estimate of drug-likeness (QED) is 0.155. The predicted molar refractivity (Wildman–Crippen MR) is 625 cm³/mol. The molecule has 17 aromatic carbocycles. The van der Waals surface area contributed by atoms with E-state index in [-0.39, 0.29) is 16.2 Å². The molecule has 17 rings (SSSR count). The molecule has 0 atom stereocenters. The van der Waals surface area contributed by atoms with Gasteiger partial charge in [-0.3, -0.25) is 0 Å². The molecule has 0 heteroatoms. The van der Waals surface area contributed by atoms with Crippen molar-refractivity contribution in [1.82, 2.24) is 0 Å². The van der Waals surface area contributed by atoms with Crippen molar-refractivity contribution in [3.8, 4) is 33.4 Å². The molecule has 0 heterocycles. The molecule has 0 aliphatic heterocycles. The van der Waals surface area contributed by atoms with Gasteiger partial charge in [0.05, 0.1) is 0 Å². The van der Waals surface area contributed by atoms with Gasteiger partial charge in [0, 0.05) is 0 Å². The lowest BCUT2D eigenvalue weighted by atomic mass is 9.82. The third kappa shape index (κ3) is 58.4. The van der Waals surface area contributed by atoms with Crippen molar-refractivity contribution in [2.75, 3.05) is 0 Å². The highest BCUT2D eigenvalue weighted by Gasteiger charge is 2.18. The molecule has 0 aromatic heterocycles. The van der Waals surface area contributed by atoms with Crippen LogP contribution in [-0.4, -0.2) is 0 Å². The molecule has 0 aliphatic carbocycles. The van der Waals surface area contributed by atoms with Gasteiger partial charge >= 0.3 is 0 Å². The van der Waals surface area contributed by atoms with Crippen LogP contribution in [0, 0.1) is 47.8 Å². The number of rotatable bonds is 3. The molecule has 0 spiro atoms. The summed E-state index contributed by atoms with van der Waals surface area (Å²) in [6.45, 7) is 76.9. The first-order valence-electron chi connectivity index (χ1n) is 49.7. The zero-order chi connectivity index (χ0) is 103. The Hall–Kier alpha value is -12.2. The lowest BCUT2D eigenvalue weighted by Gasteiger charge is -2.23. The molecule has 138 heavy (non-hydrogen) atoms. The highest BCUT2D eigenvalue weighted by Crippen LogP contribution is 2.35. The van der Waals surface area contributed by atoms with Crippen LogP contribution in [-0.2, 0) is 21.7 Å². The van der Waals surface area contributed by atoms with E-state index in [9.17, 15) is 0 Å². The Kier molecular flexibility index (Phi) is 52.6. The van der Waals surface area contributed by atoms with Crippen LogP contribution in [0.1, 0.15) is 261 Å². The van der Waals surface area contributed by atoms with Crippen LogP contribution in [0.15, 0.2) is 443 Å². The first kappa shape index (κ1) is 120. The minimum Gasteiger partial charge on any atom is -0.0622 e. The fourth-order valence-electron chi connectivity index (χ4n) is 12.3. The maximum absolute atomic E-state index is 2.25. The predicted octanol–water partition coefficient (Wildman–Crippen LogP) is 42.9. The summed E-state index contributed by atoms with van der Waals surface area (Å²) in [7, 11) is 0. The molecule has 0 unspecified atom stereocenters.